The number of halogens is 1. The van der Waals surface area contributed by atoms with Crippen LogP contribution in [0, 0.1) is 5.82 Å². The number of fused-ring (bicyclic) bond motifs is 1. The van der Waals surface area contributed by atoms with Crippen molar-refractivity contribution in [2.45, 2.75) is 0 Å². The van der Waals surface area contributed by atoms with E-state index in [0.29, 0.717) is 5.82 Å². The van der Waals surface area contributed by atoms with Crippen LogP contribution in [0.5, 0.6) is 0 Å². The number of anilines is 1. The second-order valence-electron chi connectivity index (χ2n) is 5.75. The number of hydrogen-bond acceptors (Lipinski definition) is 3. The second-order valence-corrected chi connectivity index (χ2v) is 5.75. The molecule has 0 saturated carbocycles. The van der Waals surface area contributed by atoms with Crippen LogP contribution in [0.25, 0.3) is 33.4 Å². The molecule has 0 amide bonds. The average molecular weight is 329 g/mol. The number of rotatable bonds is 3. The third-order valence-corrected chi connectivity index (χ3v) is 4.12. The fourth-order valence-corrected chi connectivity index (χ4v) is 2.88. The first-order chi connectivity index (χ1) is 12.2. The molecule has 0 spiro atoms. The Hall–Kier alpha value is -3.27. The van der Waals surface area contributed by atoms with Crippen molar-refractivity contribution in [1.29, 1.82) is 0 Å². The molecule has 0 saturated heterocycles. The molecule has 4 rings (SSSR count). The highest BCUT2D eigenvalue weighted by atomic mass is 19.1. The quantitative estimate of drug-likeness (QED) is 0.565. The van der Waals surface area contributed by atoms with Gasteiger partial charge in [0.25, 0.3) is 0 Å². The zero-order valence-corrected chi connectivity index (χ0v) is 13.7. The molecule has 0 aliphatic rings. The van der Waals surface area contributed by atoms with Crippen molar-refractivity contribution in [3.8, 4) is 22.5 Å². The Morgan fingerprint density at radius 3 is 2.28 bits per heavy atom. The molecule has 1 N–H and O–H groups in total. The van der Waals surface area contributed by atoms with Gasteiger partial charge in [-0.2, -0.15) is 0 Å². The molecule has 0 fully saturated rings. The molecule has 0 unspecified atom stereocenters. The molecule has 1 heterocycles. The van der Waals surface area contributed by atoms with Crippen LogP contribution in [0.15, 0.2) is 72.8 Å². The van der Waals surface area contributed by atoms with Crippen molar-refractivity contribution < 1.29 is 4.39 Å². The van der Waals surface area contributed by atoms with E-state index in [4.69, 9.17) is 4.98 Å². The smallest absolute Gasteiger partial charge is 0.162 e. The molecule has 3 aromatic carbocycles. The van der Waals surface area contributed by atoms with E-state index in [-0.39, 0.29) is 5.82 Å². The first-order valence-electron chi connectivity index (χ1n) is 8.05. The molecule has 3 nitrogen and oxygen atoms in total. The third-order valence-electron chi connectivity index (χ3n) is 4.12. The summed E-state index contributed by atoms with van der Waals surface area (Å²) < 4.78 is 13.5. The van der Waals surface area contributed by atoms with Gasteiger partial charge in [0, 0.05) is 18.0 Å². The van der Waals surface area contributed by atoms with Gasteiger partial charge in [-0.25, -0.2) is 14.4 Å². The normalized spacial score (nSPS) is 10.8. The molecule has 1 aromatic heterocycles. The minimum Gasteiger partial charge on any atom is -0.373 e. The van der Waals surface area contributed by atoms with E-state index in [1.807, 2.05) is 61.6 Å². The van der Waals surface area contributed by atoms with Crippen LogP contribution < -0.4 is 5.32 Å². The summed E-state index contributed by atoms with van der Waals surface area (Å²) in [7, 11) is 1.84. The molecule has 122 valence electrons. The van der Waals surface area contributed by atoms with Gasteiger partial charge in [0.05, 0.1) is 5.52 Å². The maximum atomic E-state index is 13.5. The second kappa shape index (κ2) is 6.32. The summed E-state index contributed by atoms with van der Waals surface area (Å²) in [5, 5.41) is 4.07. The maximum absolute atomic E-state index is 13.5. The van der Waals surface area contributed by atoms with Gasteiger partial charge in [-0.15, -0.1) is 0 Å². The fourth-order valence-electron chi connectivity index (χ4n) is 2.88. The molecule has 0 atom stereocenters. The van der Waals surface area contributed by atoms with Crippen molar-refractivity contribution in [2.75, 3.05) is 12.4 Å². The largest absolute Gasteiger partial charge is 0.373 e. The van der Waals surface area contributed by atoms with Gasteiger partial charge in [-0.05, 0) is 35.4 Å². The van der Waals surface area contributed by atoms with Gasteiger partial charge in [0.2, 0.25) is 0 Å². The standard InChI is InChI=1S/C21H16FN3/c1-23-21-18-11-10-16(15-8-5-9-17(22)12-15)13-19(18)24-20(25-21)14-6-3-2-4-7-14/h2-13H,1H3,(H,23,24,25). The van der Waals surface area contributed by atoms with Crippen LogP contribution in [0.1, 0.15) is 0 Å². The third kappa shape index (κ3) is 2.94. The van der Waals surface area contributed by atoms with Crippen molar-refractivity contribution in [1.82, 2.24) is 9.97 Å². The molecular formula is C21H16FN3. The summed E-state index contributed by atoms with van der Waals surface area (Å²) >= 11 is 0. The van der Waals surface area contributed by atoms with Crippen LogP contribution >= 0.6 is 0 Å². The van der Waals surface area contributed by atoms with Crippen LogP contribution in [-0.4, -0.2) is 17.0 Å². The Morgan fingerprint density at radius 2 is 1.52 bits per heavy atom. The fraction of sp³-hybridized carbons (Fsp3) is 0.0476. The summed E-state index contributed by atoms with van der Waals surface area (Å²) in [6, 6.07) is 22.3. The van der Waals surface area contributed by atoms with Gasteiger partial charge in [-0.3, -0.25) is 0 Å². The molecule has 0 aliphatic carbocycles. The van der Waals surface area contributed by atoms with Gasteiger partial charge < -0.3 is 5.32 Å². The van der Waals surface area contributed by atoms with E-state index in [1.54, 1.807) is 6.07 Å². The molecule has 0 aliphatic heterocycles. The van der Waals surface area contributed by atoms with Gasteiger partial charge in [-0.1, -0.05) is 48.5 Å². The first kappa shape index (κ1) is 15.3. The minimum atomic E-state index is -0.249. The van der Waals surface area contributed by atoms with Gasteiger partial charge in [0.15, 0.2) is 5.82 Å². The van der Waals surface area contributed by atoms with Gasteiger partial charge in [0.1, 0.15) is 11.6 Å². The topological polar surface area (TPSA) is 37.8 Å². The summed E-state index contributed by atoms with van der Waals surface area (Å²) in [5.41, 5.74) is 3.52. The van der Waals surface area contributed by atoms with Crippen molar-refractivity contribution >= 4 is 16.7 Å². The summed E-state index contributed by atoms with van der Waals surface area (Å²) in [6.45, 7) is 0. The highest BCUT2D eigenvalue weighted by molar-refractivity contribution is 5.93. The number of hydrogen-bond donors (Lipinski definition) is 1. The SMILES string of the molecule is CNc1nc(-c2ccccc2)nc2cc(-c3cccc(F)c3)ccc12. The van der Waals surface area contributed by atoms with E-state index < -0.39 is 0 Å². The number of aromatic nitrogens is 2. The van der Waals surface area contributed by atoms with Gasteiger partial charge >= 0.3 is 0 Å². The minimum absolute atomic E-state index is 0.249. The van der Waals surface area contributed by atoms with E-state index in [9.17, 15) is 4.39 Å². The molecule has 25 heavy (non-hydrogen) atoms. The molecule has 0 radical (unpaired) electrons. The van der Waals surface area contributed by atoms with Crippen LogP contribution in [0.3, 0.4) is 0 Å². The number of benzene rings is 3. The Balaban J connectivity index is 1.91. The number of nitrogens with one attached hydrogen (secondary N) is 1. The maximum Gasteiger partial charge on any atom is 0.162 e. The number of nitrogens with zero attached hydrogens (tertiary/aromatic N) is 2. The lowest BCUT2D eigenvalue weighted by Gasteiger charge is -2.10. The summed E-state index contributed by atoms with van der Waals surface area (Å²) in [6.07, 6.45) is 0. The van der Waals surface area contributed by atoms with Crippen molar-refractivity contribution in [3.63, 3.8) is 0 Å². The lowest BCUT2D eigenvalue weighted by atomic mass is 10.0. The summed E-state index contributed by atoms with van der Waals surface area (Å²) in [5.74, 6) is 1.18. The van der Waals surface area contributed by atoms with E-state index in [0.717, 1.165) is 33.4 Å². The van der Waals surface area contributed by atoms with E-state index >= 15 is 0 Å². The highest BCUT2D eigenvalue weighted by Gasteiger charge is 2.10. The Labute approximate surface area is 145 Å². The molecular weight excluding hydrogens is 313 g/mol. The van der Waals surface area contributed by atoms with Crippen LogP contribution in [-0.2, 0) is 0 Å². The Morgan fingerprint density at radius 1 is 0.760 bits per heavy atom. The Kier molecular flexibility index (Phi) is 3.86. The van der Waals surface area contributed by atoms with Crippen molar-refractivity contribution in [3.05, 3.63) is 78.6 Å². The molecule has 4 heteroatoms. The lowest BCUT2D eigenvalue weighted by molar-refractivity contribution is 0.628. The Bertz CT molecular complexity index is 1050. The summed E-state index contributed by atoms with van der Waals surface area (Å²) in [4.78, 5) is 9.34. The molecule has 4 aromatic rings. The predicted molar refractivity (Wildman–Crippen MR) is 99.9 cm³/mol. The van der Waals surface area contributed by atoms with E-state index in [1.165, 1.54) is 12.1 Å². The first-order valence-corrected chi connectivity index (χ1v) is 8.05. The zero-order chi connectivity index (χ0) is 17.2. The molecule has 0 bridgehead atoms. The van der Waals surface area contributed by atoms with Crippen LogP contribution in [0.2, 0.25) is 0 Å². The lowest BCUT2D eigenvalue weighted by Crippen LogP contribution is -1.99. The van der Waals surface area contributed by atoms with E-state index in [2.05, 4.69) is 10.3 Å². The zero-order valence-electron chi connectivity index (χ0n) is 13.7. The monoisotopic (exact) mass is 329 g/mol. The highest BCUT2D eigenvalue weighted by Crippen LogP contribution is 2.29. The van der Waals surface area contributed by atoms with Crippen LogP contribution in [0.4, 0.5) is 10.2 Å². The van der Waals surface area contributed by atoms with Crippen molar-refractivity contribution in [2.24, 2.45) is 0 Å². The predicted octanol–water partition coefficient (Wildman–Crippen LogP) is 5.14. The average Bonchev–Trinajstić information content (AvgIpc) is 2.67.